The maximum Gasteiger partial charge on any atom is 0.0298 e. The summed E-state index contributed by atoms with van der Waals surface area (Å²) in [5.74, 6) is 1.33. The first kappa shape index (κ1) is 17.5. The van der Waals surface area contributed by atoms with Crippen molar-refractivity contribution in [2.45, 2.75) is 79.3 Å². The Morgan fingerprint density at radius 3 is 1.40 bits per heavy atom. The average molecular weight is 278 g/mol. The Bertz CT molecular complexity index is 350. The number of hydrogen-bond donors (Lipinski definition) is 2. The molecule has 0 aromatic carbocycles. The second-order valence-electron chi connectivity index (χ2n) is 7.37. The topological polar surface area (TPSA) is 52.0 Å². The number of hydrogen-bond acceptors (Lipinski definition) is 2. The fourth-order valence-corrected chi connectivity index (χ4v) is 3.58. The van der Waals surface area contributed by atoms with Gasteiger partial charge in [-0.05, 0) is 62.5 Å². The minimum absolute atomic E-state index is 0.172. The minimum Gasteiger partial charge on any atom is -0.324 e. The van der Waals surface area contributed by atoms with Crippen LogP contribution in [0.5, 0.6) is 0 Å². The van der Waals surface area contributed by atoms with E-state index < -0.39 is 0 Å². The van der Waals surface area contributed by atoms with E-state index in [0.717, 1.165) is 25.7 Å². The maximum atomic E-state index is 6.43. The van der Waals surface area contributed by atoms with Gasteiger partial charge in [0.15, 0.2) is 0 Å². The van der Waals surface area contributed by atoms with Gasteiger partial charge in [0.25, 0.3) is 0 Å². The molecule has 0 spiro atoms. The highest BCUT2D eigenvalue weighted by Gasteiger charge is 2.28. The maximum absolute atomic E-state index is 6.43. The molecule has 2 atom stereocenters. The van der Waals surface area contributed by atoms with Crippen molar-refractivity contribution in [3.05, 3.63) is 22.3 Å². The number of nitrogens with two attached hydrogens (primary N) is 2. The SMILES string of the molecule is C/C(CC(C)C)=C1\C(=C(\C)CC(C)C)C(N)CCC1N. The van der Waals surface area contributed by atoms with E-state index in [1.54, 1.807) is 0 Å². The van der Waals surface area contributed by atoms with Crippen LogP contribution in [-0.2, 0) is 0 Å². The van der Waals surface area contributed by atoms with E-state index in [4.69, 9.17) is 11.5 Å². The first-order chi connectivity index (χ1) is 9.23. The smallest absolute Gasteiger partial charge is 0.0298 e. The lowest BCUT2D eigenvalue weighted by Gasteiger charge is -2.34. The highest BCUT2D eigenvalue weighted by atomic mass is 14.7. The number of allylic oxidation sites excluding steroid dienone is 2. The van der Waals surface area contributed by atoms with Crippen LogP contribution in [-0.4, -0.2) is 12.1 Å². The van der Waals surface area contributed by atoms with Crippen LogP contribution in [0.15, 0.2) is 22.3 Å². The van der Waals surface area contributed by atoms with Gasteiger partial charge in [0.2, 0.25) is 0 Å². The molecule has 0 aliphatic heterocycles. The molecule has 1 aliphatic rings. The van der Waals surface area contributed by atoms with Crippen molar-refractivity contribution in [2.75, 3.05) is 0 Å². The van der Waals surface area contributed by atoms with Crippen LogP contribution in [0.2, 0.25) is 0 Å². The molecule has 0 amide bonds. The van der Waals surface area contributed by atoms with E-state index in [0.29, 0.717) is 11.8 Å². The van der Waals surface area contributed by atoms with Crippen molar-refractivity contribution >= 4 is 0 Å². The second kappa shape index (κ2) is 7.42. The van der Waals surface area contributed by atoms with E-state index in [2.05, 4.69) is 41.5 Å². The lowest BCUT2D eigenvalue weighted by atomic mass is 9.76. The summed E-state index contributed by atoms with van der Waals surface area (Å²) in [4.78, 5) is 0. The Kier molecular flexibility index (Phi) is 6.47. The molecular formula is C18H34N2. The Morgan fingerprint density at radius 2 is 1.15 bits per heavy atom. The van der Waals surface area contributed by atoms with Gasteiger partial charge >= 0.3 is 0 Å². The fourth-order valence-electron chi connectivity index (χ4n) is 3.58. The van der Waals surface area contributed by atoms with E-state index in [1.165, 1.54) is 22.3 Å². The van der Waals surface area contributed by atoms with Crippen molar-refractivity contribution in [2.24, 2.45) is 23.3 Å². The largest absolute Gasteiger partial charge is 0.324 e. The van der Waals surface area contributed by atoms with Crippen LogP contribution in [0.4, 0.5) is 0 Å². The van der Waals surface area contributed by atoms with Crippen molar-refractivity contribution in [1.29, 1.82) is 0 Å². The van der Waals surface area contributed by atoms with Crippen LogP contribution >= 0.6 is 0 Å². The lowest BCUT2D eigenvalue weighted by Crippen LogP contribution is -2.39. The normalized spacial score (nSPS) is 29.1. The first-order valence-corrected chi connectivity index (χ1v) is 8.14. The zero-order chi connectivity index (χ0) is 15.4. The van der Waals surface area contributed by atoms with E-state index in [9.17, 15) is 0 Å². The molecule has 2 nitrogen and oxygen atoms in total. The third kappa shape index (κ3) is 4.46. The summed E-state index contributed by atoms with van der Waals surface area (Å²) in [6.45, 7) is 13.6. The molecule has 0 aromatic heterocycles. The van der Waals surface area contributed by atoms with E-state index >= 15 is 0 Å². The summed E-state index contributed by atoms with van der Waals surface area (Å²) in [6, 6.07) is 0.344. The molecule has 1 saturated carbocycles. The molecular weight excluding hydrogens is 244 g/mol. The van der Waals surface area contributed by atoms with Crippen molar-refractivity contribution in [3.63, 3.8) is 0 Å². The summed E-state index contributed by atoms with van der Waals surface area (Å²) in [7, 11) is 0. The molecule has 20 heavy (non-hydrogen) atoms. The molecule has 2 unspecified atom stereocenters. The van der Waals surface area contributed by atoms with Crippen LogP contribution in [0, 0.1) is 11.8 Å². The van der Waals surface area contributed by atoms with Crippen molar-refractivity contribution < 1.29 is 0 Å². The Balaban J connectivity index is 3.25. The molecule has 116 valence electrons. The van der Waals surface area contributed by atoms with Crippen LogP contribution in [0.25, 0.3) is 0 Å². The highest BCUT2D eigenvalue weighted by molar-refractivity contribution is 5.46. The van der Waals surface area contributed by atoms with Crippen molar-refractivity contribution in [1.82, 2.24) is 0 Å². The Morgan fingerprint density at radius 1 is 0.850 bits per heavy atom. The standard InChI is InChI=1S/C18H34N2/c1-11(2)9-13(5)17-15(19)7-8-16(20)18(17)14(6)10-12(3)4/h11-12,15-16H,7-10,19-20H2,1-6H3/b17-13-,18-14+. The van der Waals surface area contributed by atoms with Crippen LogP contribution in [0.1, 0.15) is 67.2 Å². The van der Waals surface area contributed by atoms with Gasteiger partial charge in [0.05, 0.1) is 0 Å². The van der Waals surface area contributed by atoms with Crippen molar-refractivity contribution in [3.8, 4) is 0 Å². The van der Waals surface area contributed by atoms with Gasteiger partial charge in [-0.1, -0.05) is 38.8 Å². The molecule has 0 saturated heterocycles. The quantitative estimate of drug-likeness (QED) is 0.811. The van der Waals surface area contributed by atoms with E-state index in [1.807, 2.05) is 0 Å². The predicted octanol–water partition coefficient (Wildman–Crippen LogP) is 4.16. The molecule has 0 heterocycles. The zero-order valence-electron chi connectivity index (χ0n) is 14.3. The highest BCUT2D eigenvalue weighted by Crippen LogP contribution is 2.35. The molecule has 0 aromatic rings. The molecule has 1 aliphatic carbocycles. The average Bonchev–Trinajstić information content (AvgIpc) is 2.29. The van der Waals surface area contributed by atoms with Gasteiger partial charge in [-0.15, -0.1) is 0 Å². The predicted molar refractivity (Wildman–Crippen MR) is 89.5 cm³/mol. The Labute approximate surface area is 125 Å². The van der Waals surface area contributed by atoms with Crippen LogP contribution in [0.3, 0.4) is 0 Å². The monoisotopic (exact) mass is 278 g/mol. The van der Waals surface area contributed by atoms with Gasteiger partial charge in [-0.25, -0.2) is 0 Å². The first-order valence-electron chi connectivity index (χ1n) is 8.14. The fraction of sp³-hybridized carbons (Fsp3) is 0.778. The third-order valence-corrected chi connectivity index (χ3v) is 4.17. The van der Waals surface area contributed by atoms with Gasteiger partial charge in [0.1, 0.15) is 0 Å². The summed E-state index contributed by atoms with van der Waals surface area (Å²) in [5, 5.41) is 0. The molecule has 1 fully saturated rings. The molecule has 2 heteroatoms. The Hall–Kier alpha value is -0.600. The van der Waals surface area contributed by atoms with Gasteiger partial charge in [-0.3, -0.25) is 0 Å². The summed E-state index contributed by atoms with van der Waals surface area (Å²) in [6.07, 6.45) is 4.28. The molecule has 0 bridgehead atoms. The van der Waals surface area contributed by atoms with E-state index in [-0.39, 0.29) is 12.1 Å². The summed E-state index contributed by atoms with van der Waals surface area (Å²) < 4.78 is 0. The lowest BCUT2D eigenvalue weighted by molar-refractivity contribution is 0.522. The molecule has 0 radical (unpaired) electrons. The molecule has 4 N–H and O–H groups in total. The zero-order valence-corrected chi connectivity index (χ0v) is 14.3. The van der Waals surface area contributed by atoms with Gasteiger partial charge < -0.3 is 11.5 Å². The minimum atomic E-state index is 0.172. The summed E-state index contributed by atoms with van der Waals surface area (Å²) in [5.41, 5.74) is 18.5. The van der Waals surface area contributed by atoms with Crippen LogP contribution < -0.4 is 11.5 Å². The van der Waals surface area contributed by atoms with Gasteiger partial charge in [0, 0.05) is 12.1 Å². The second-order valence-corrected chi connectivity index (χ2v) is 7.37. The third-order valence-electron chi connectivity index (χ3n) is 4.17. The summed E-state index contributed by atoms with van der Waals surface area (Å²) >= 11 is 0. The molecule has 1 rings (SSSR count). The van der Waals surface area contributed by atoms with Gasteiger partial charge in [-0.2, -0.15) is 0 Å². The number of rotatable bonds is 4.